The molecule has 10 heteroatoms. The number of amides is 3. The summed E-state index contributed by atoms with van der Waals surface area (Å²) in [6.07, 6.45) is 1.41. The summed E-state index contributed by atoms with van der Waals surface area (Å²) in [4.78, 5) is 49.6. The molecule has 3 amide bonds. The summed E-state index contributed by atoms with van der Waals surface area (Å²) >= 11 is 6.72. The minimum Gasteiger partial charge on any atom is -0.478 e. The first-order valence-electron chi connectivity index (χ1n) is 9.97. The number of carbonyl (C=O) groups is 4. The number of benzene rings is 2. The fraction of sp³-hybridized carbons (Fsp3) is 0.0833. The van der Waals surface area contributed by atoms with Gasteiger partial charge >= 0.3 is 5.97 Å². The van der Waals surface area contributed by atoms with Crippen LogP contribution in [0.1, 0.15) is 21.7 Å². The van der Waals surface area contributed by atoms with Crippen molar-refractivity contribution in [2.24, 2.45) is 0 Å². The van der Waals surface area contributed by atoms with Crippen molar-refractivity contribution in [1.82, 2.24) is 4.90 Å². The maximum atomic E-state index is 12.7. The molecule has 1 aliphatic rings. The minimum absolute atomic E-state index is 0.104. The molecule has 0 bridgehead atoms. The van der Waals surface area contributed by atoms with Crippen LogP contribution in [0.25, 0.3) is 17.4 Å². The normalized spacial score (nSPS) is 14.6. The highest BCUT2D eigenvalue weighted by atomic mass is 35.5. The average molecular weight is 497 g/mol. The van der Waals surface area contributed by atoms with Gasteiger partial charge in [-0.05, 0) is 60.6 Å². The third kappa shape index (κ3) is 4.90. The van der Waals surface area contributed by atoms with Crippen molar-refractivity contribution in [3.63, 3.8) is 0 Å². The lowest BCUT2D eigenvalue weighted by molar-refractivity contribution is -0.127. The van der Waals surface area contributed by atoms with Gasteiger partial charge in [-0.25, -0.2) is 4.79 Å². The van der Waals surface area contributed by atoms with Crippen LogP contribution < -0.4 is 5.32 Å². The van der Waals surface area contributed by atoms with Crippen molar-refractivity contribution in [3.05, 3.63) is 81.4 Å². The fourth-order valence-corrected chi connectivity index (χ4v) is 4.26. The van der Waals surface area contributed by atoms with Crippen molar-refractivity contribution < 1.29 is 28.7 Å². The summed E-state index contributed by atoms with van der Waals surface area (Å²) in [6.45, 7) is 1.36. The quantitative estimate of drug-likeness (QED) is 0.446. The summed E-state index contributed by atoms with van der Waals surface area (Å²) in [5.74, 6) is -1.51. The Bertz CT molecular complexity index is 1360. The number of halogens is 1. The van der Waals surface area contributed by atoms with Crippen molar-refractivity contribution >= 4 is 58.1 Å². The van der Waals surface area contributed by atoms with Crippen molar-refractivity contribution in [2.45, 2.75) is 6.92 Å². The highest BCUT2D eigenvalue weighted by molar-refractivity contribution is 8.18. The summed E-state index contributed by atoms with van der Waals surface area (Å²) in [7, 11) is 0. The average Bonchev–Trinajstić information content (AvgIpc) is 3.36. The van der Waals surface area contributed by atoms with E-state index in [4.69, 9.17) is 16.0 Å². The van der Waals surface area contributed by atoms with Crippen LogP contribution >= 0.6 is 23.4 Å². The summed E-state index contributed by atoms with van der Waals surface area (Å²) < 4.78 is 5.78. The zero-order chi connectivity index (χ0) is 24.4. The molecule has 1 saturated heterocycles. The lowest BCUT2D eigenvalue weighted by Gasteiger charge is -2.13. The number of nitrogens with zero attached hydrogens (tertiary/aromatic N) is 1. The molecule has 172 valence electrons. The number of carboxylic acid groups (broad SMARTS) is 1. The molecule has 2 heterocycles. The first-order valence-corrected chi connectivity index (χ1v) is 11.2. The highest BCUT2D eigenvalue weighted by Gasteiger charge is 2.36. The first-order chi connectivity index (χ1) is 16.2. The number of aromatic carboxylic acids is 1. The molecule has 2 N–H and O–H groups in total. The third-order valence-electron chi connectivity index (χ3n) is 4.97. The predicted octanol–water partition coefficient (Wildman–Crippen LogP) is 5.28. The Morgan fingerprint density at radius 3 is 2.65 bits per heavy atom. The number of hydrogen-bond acceptors (Lipinski definition) is 6. The zero-order valence-corrected chi connectivity index (χ0v) is 19.3. The van der Waals surface area contributed by atoms with Crippen LogP contribution in [0.4, 0.5) is 10.5 Å². The number of nitrogens with one attached hydrogen (secondary N) is 1. The maximum absolute atomic E-state index is 12.7. The van der Waals surface area contributed by atoms with Gasteiger partial charge < -0.3 is 14.8 Å². The number of carboxylic acids is 1. The van der Waals surface area contributed by atoms with Gasteiger partial charge in [-0.15, -0.1) is 0 Å². The van der Waals surface area contributed by atoms with Gasteiger partial charge in [-0.2, -0.15) is 0 Å². The van der Waals surface area contributed by atoms with E-state index in [0.29, 0.717) is 39.6 Å². The topological polar surface area (TPSA) is 117 Å². The van der Waals surface area contributed by atoms with E-state index in [2.05, 4.69) is 5.32 Å². The van der Waals surface area contributed by atoms with Gasteiger partial charge in [0.25, 0.3) is 11.1 Å². The maximum Gasteiger partial charge on any atom is 0.335 e. The molecule has 1 fully saturated rings. The van der Waals surface area contributed by atoms with Gasteiger partial charge in [0.05, 0.1) is 21.2 Å². The number of furan rings is 1. The SMILES string of the molecule is Cc1ccc(C(=O)O)cc1-c1ccc(C=C2SC(=O)N(CC(=O)Nc3ccccc3Cl)C2=O)o1. The second kappa shape index (κ2) is 9.58. The molecule has 0 saturated carbocycles. The van der Waals surface area contributed by atoms with E-state index in [1.54, 1.807) is 42.5 Å². The lowest BCUT2D eigenvalue weighted by atomic mass is 10.0. The van der Waals surface area contributed by atoms with Crippen molar-refractivity contribution in [3.8, 4) is 11.3 Å². The van der Waals surface area contributed by atoms with Gasteiger partial charge in [0.15, 0.2) is 0 Å². The lowest BCUT2D eigenvalue weighted by Crippen LogP contribution is -2.36. The van der Waals surface area contributed by atoms with Crippen LogP contribution in [-0.2, 0) is 9.59 Å². The predicted molar refractivity (Wildman–Crippen MR) is 129 cm³/mol. The summed E-state index contributed by atoms with van der Waals surface area (Å²) in [6, 6.07) is 14.6. The second-order valence-electron chi connectivity index (χ2n) is 7.33. The molecule has 2 aromatic carbocycles. The van der Waals surface area contributed by atoms with Gasteiger partial charge in [0, 0.05) is 11.6 Å². The van der Waals surface area contributed by atoms with Gasteiger partial charge in [-0.3, -0.25) is 19.3 Å². The number of thioether (sulfide) groups is 1. The van der Waals surface area contributed by atoms with E-state index in [0.717, 1.165) is 10.5 Å². The zero-order valence-electron chi connectivity index (χ0n) is 17.7. The number of aryl methyl sites for hydroxylation is 1. The van der Waals surface area contributed by atoms with Gasteiger partial charge in [0.1, 0.15) is 18.1 Å². The number of carbonyl (C=O) groups excluding carboxylic acids is 3. The Morgan fingerprint density at radius 2 is 1.91 bits per heavy atom. The van der Waals surface area contributed by atoms with Crippen LogP contribution in [0.3, 0.4) is 0 Å². The molecule has 0 spiro atoms. The Hall–Kier alpha value is -3.82. The van der Waals surface area contributed by atoms with Crippen LogP contribution in [0, 0.1) is 6.92 Å². The van der Waals surface area contributed by atoms with E-state index < -0.39 is 29.6 Å². The van der Waals surface area contributed by atoms with E-state index in [9.17, 15) is 24.3 Å². The Balaban J connectivity index is 1.49. The fourth-order valence-electron chi connectivity index (χ4n) is 3.26. The van der Waals surface area contributed by atoms with E-state index >= 15 is 0 Å². The molecule has 0 radical (unpaired) electrons. The summed E-state index contributed by atoms with van der Waals surface area (Å²) in [5.41, 5.74) is 1.91. The number of anilines is 1. The standard InChI is InChI=1S/C24H17ClN2O6S/c1-13-6-7-14(23(30)31)10-16(13)19-9-8-15(33-19)11-20-22(29)27(24(32)34-20)12-21(28)26-18-5-3-2-4-17(18)25/h2-11H,12H2,1H3,(H,26,28)(H,30,31). The summed E-state index contributed by atoms with van der Waals surface area (Å²) in [5, 5.41) is 11.6. The smallest absolute Gasteiger partial charge is 0.335 e. The van der Waals surface area contributed by atoms with Crippen LogP contribution in [0.5, 0.6) is 0 Å². The molecule has 34 heavy (non-hydrogen) atoms. The number of rotatable bonds is 6. The number of imide groups is 1. The Kier molecular flexibility index (Phi) is 6.58. The molecule has 3 aromatic rings. The molecule has 4 rings (SSSR count). The van der Waals surface area contributed by atoms with Crippen molar-refractivity contribution in [1.29, 1.82) is 0 Å². The monoisotopic (exact) mass is 496 g/mol. The molecule has 0 atom stereocenters. The Labute approximate surface area is 203 Å². The first kappa shape index (κ1) is 23.3. The van der Waals surface area contributed by atoms with Gasteiger partial charge in [0.2, 0.25) is 5.91 Å². The number of hydrogen-bond donors (Lipinski definition) is 2. The van der Waals surface area contributed by atoms with E-state index in [1.165, 1.54) is 18.2 Å². The molecular formula is C24H17ClN2O6S. The molecule has 1 aliphatic heterocycles. The highest BCUT2D eigenvalue weighted by Crippen LogP contribution is 2.34. The largest absolute Gasteiger partial charge is 0.478 e. The molecule has 0 unspecified atom stereocenters. The van der Waals surface area contributed by atoms with Crippen LogP contribution in [0.15, 0.2) is 63.9 Å². The second-order valence-corrected chi connectivity index (χ2v) is 8.73. The van der Waals surface area contributed by atoms with Crippen LogP contribution in [-0.4, -0.2) is 39.6 Å². The molecule has 8 nitrogen and oxygen atoms in total. The van der Waals surface area contributed by atoms with E-state index in [1.807, 2.05) is 6.92 Å². The third-order valence-corrected chi connectivity index (χ3v) is 6.21. The van der Waals surface area contributed by atoms with Crippen LogP contribution in [0.2, 0.25) is 5.02 Å². The minimum atomic E-state index is -1.06. The molecular weight excluding hydrogens is 480 g/mol. The van der Waals surface area contributed by atoms with E-state index in [-0.39, 0.29) is 10.5 Å². The van der Waals surface area contributed by atoms with Crippen molar-refractivity contribution in [2.75, 3.05) is 11.9 Å². The number of para-hydroxylation sites is 1. The molecule has 1 aromatic heterocycles. The van der Waals surface area contributed by atoms with Gasteiger partial charge in [-0.1, -0.05) is 29.8 Å². The Morgan fingerprint density at radius 1 is 1.15 bits per heavy atom. The molecule has 0 aliphatic carbocycles.